The predicted octanol–water partition coefficient (Wildman–Crippen LogP) is 2.30. The Balaban J connectivity index is 2.07. The molecular formula is C14H28N2O. The van der Waals surface area contributed by atoms with Crippen LogP contribution in [-0.4, -0.2) is 19.0 Å². The number of nitrogens with two attached hydrogens (primary N) is 1. The number of nitrogens with one attached hydrogen (secondary N) is 1. The minimum absolute atomic E-state index is 0.224. The summed E-state index contributed by atoms with van der Waals surface area (Å²) >= 11 is 0. The molecule has 1 aliphatic carbocycles. The number of hydrogen-bond donors (Lipinski definition) is 2. The van der Waals surface area contributed by atoms with E-state index in [1.807, 2.05) is 0 Å². The number of carbonyl (C=O) groups excluding carboxylic acids is 1. The minimum Gasteiger partial charge on any atom is -0.356 e. The molecule has 1 saturated carbocycles. The normalized spacial score (nSPS) is 24.4. The summed E-state index contributed by atoms with van der Waals surface area (Å²) in [4.78, 5) is 11.7. The molecule has 1 amide bonds. The van der Waals surface area contributed by atoms with Crippen molar-refractivity contribution in [2.24, 2.45) is 23.5 Å². The molecule has 0 heterocycles. The van der Waals surface area contributed by atoms with Gasteiger partial charge in [-0.2, -0.15) is 0 Å². The van der Waals surface area contributed by atoms with Gasteiger partial charge in [-0.05, 0) is 43.6 Å². The molecule has 0 aromatic heterocycles. The monoisotopic (exact) mass is 240 g/mol. The average Bonchev–Trinajstić information content (AvgIpc) is 3.00. The van der Waals surface area contributed by atoms with Crippen molar-refractivity contribution in [3.05, 3.63) is 0 Å². The van der Waals surface area contributed by atoms with E-state index in [2.05, 4.69) is 19.2 Å². The molecule has 3 unspecified atom stereocenters. The van der Waals surface area contributed by atoms with Gasteiger partial charge in [-0.1, -0.05) is 26.7 Å². The zero-order valence-electron chi connectivity index (χ0n) is 11.4. The van der Waals surface area contributed by atoms with Crippen LogP contribution in [0.5, 0.6) is 0 Å². The molecule has 0 aliphatic heterocycles. The Morgan fingerprint density at radius 3 is 2.65 bits per heavy atom. The van der Waals surface area contributed by atoms with Crippen molar-refractivity contribution in [3.63, 3.8) is 0 Å². The van der Waals surface area contributed by atoms with Crippen LogP contribution in [0.25, 0.3) is 0 Å². The summed E-state index contributed by atoms with van der Waals surface area (Å²) in [6.07, 6.45) is 6.39. The molecule has 0 radical (unpaired) electrons. The second-order valence-electron chi connectivity index (χ2n) is 5.55. The zero-order chi connectivity index (χ0) is 12.7. The van der Waals surface area contributed by atoms with Crippen LogP contribution in [0.2, 0.25) is 0 Å². The maximum absolute atomic E-state index is 11.7. The Morgan fingerprint density at radius 1 is 1.41 bits per heavy atom. The van der Waals surface area contributed by atoms with Gasteiger partial charge in [0, 0.05) is 13.0 Å². The van der Waals surface area contributed by atoms with Crippen molar-refractivity contribution in [2.75, 3.05) is 13.1 Å². The van der Waals surface area contributed by atoms with Gasteiger partial charge in [-0.25, -0.2) is 0 Å². The number of carbonyl (C=O) groups is 1. The molecule has 0 bridgehead atoms. The smallest absolute Gasteiger partial charge is 0.220 e. The molecule has 100 valence electrons. The average molecular weight is 240 g/mol. The topological polar surface area (TPSA) is 55.1 Å². The van der Waals surface area contributed by atoms with Gasteiger partial charge in [-0.15, -0.1) is 0 Å². The van der Waals surface area contributed by atoms with Crippen molar-refractivity contribution >= 4 is 5.91 Å². The standard InChI is InChI=1S/C14H28N2O/c1-3-4-12(7-8-15)5-6-14(17)16-10-13-9-11(13)2/h11-13H,3-10,15H2,1-2H3,(H,16,17). The fourth-order valence-corrected chi connectivity index (χ4v) is 2.43. The van der Waals surface area contributed by atoms with Crippen LogP contribution >= 0.6 is 0 Å². The SMILES string of the molecule is CCCC(CCN)CCC(=O)NCC1CC1C. The van der Waals surface area contributed by atoms with Crippen LogP contribution in [0.15, 0.2) is 0 Å². The summed E-state index contributed by atoms with van der Waals surface area (Å²) in [5, 5.41) is 3.04. The first-order valence-corrected chi connectivity index (χ1v) is 7.14. The maximum atomic E-state index is 11.7. The first-order valence-electron chi connectivity index (χ1n) is 7.14. The van der Waals surface area contributed by atoms with Crippen molar-refractivity contribution in [2.45, 2.75) is 52.4 Å². The molecule has 0 aromatic rings. The molecule has 0 saturated heterocycles. The number of hydrogen-bond acceptors (Lipinski definition) is 2. The maximum Gasteiger partial charge on any atom is 0.220 e. The molecule has 0 aromatic carbocycles. The van der Waals surface area contributed by atoms with E-state index in [1.165, 1.54) is 19.3 Å². The van der Waals surface area contributed by atoms with Crippen LogP contribution in [-0.2, 0) is 4.79 Å². The highest BCUT2D eigenvalue weighted by atomic mass is 16.1. The highest BCUT2D eigenvalue weighted by molar-refractivity contribution is 5.75. The molecule has 3 atom stereocenters. The van der Waals surface area contributed by atoms with Gasteiger partial charge in [0.05, 0.1) is 0 Å². The highest BCUT2D eigenvalue weighted by Gasteiger charge is 2.32. The summed E-state index contributed by atoms with van der Waals surface area (Å²) in [5.41, 5.74) is 5.59. The molecular weight excluding hydrogens is 212 g/mol. The lowest BCUT2D eigenvalue weighted by molar-refractivity contribution is -0.121. The first-order chi connectivity index (χ1) is 8.17. The van der Waals surface area contributed by atoms with Gasteiger partial charge in [0.25, 0.3) is 0 Å². The fraction of sp³-hybridized carbons (Fsp3) is 0.929. The van der Waals surface area contributed by atoms with E-state index in [4.69, 9.17) is 5.73 Å². The lowest BCUT2D eigenvalue weighted by Crippen LogP contribution is -2.26. The van der Waals surface area contributed by atoms with Crippen molar-refractivity contribution in [3.8, 4) is 0 Å². The summed E-state index contributed by atoms with van der Waals surface area (Å²) in [5.74, 6) is 2.42. The molecule has 1 rings (SSSR count). The van der Waals surface area contributed by atoms with Gasteiger partial charge >= 0.3 is 0 Å². The Kier molecular flexibility index (Phi) is 6.56. The second-order valence-corrected chi connectivity index (χ2v) is 5.55. The van der Waals surface area contributed by atoms with Crippen LogP contribution in [0.3, 0.4) is 0 Å². The van der Waals surface area contributed by atoms with Crippen LogP contribution in [0, 0.1) is 17.8 Å². The third-order valence-corrected chi connectivity index (χ3v) is 3.89. The Bertz CT molecular complexity index is 224. The summed E-state index contributed by atoms with van der Waals surface area (Å²) in [7, 11) is 0. The van der Waals surface area contributed by atoms with Crippen molar-refractivity contribution in [1.82, 2.24) is 5.32 Å². The van der Waals surface area contributed by atoms with Crippen molar-refractivity contribution < 1.29 is 4.79 Å². The third-order valence-electron chi connectivity index (χ3n) is 3.89. The molecule has 3 N–H and O–H groups in total. The lowest BCUT2D eigenvalue weighted by atomic mass is 9.94. The minimum atomic E-state index is 0.224. The summed E-state index contributed by atoms with van der Waals surface area (Å²) < 4.78 is 0. The molecule has 1 fully saturated rings. The van der Waals surface area contributed by atoms with Gasteiger partial charge in [-0.3, -0.25) is 4.79 Å². The highest BCUT2D eigenvalue weighted by Crippen LogP contribution is 2.36. The number of rotatable bonds is 9. The number of amides is 1. The Labute approximate surface area is 106 Å². The van der Waals surface area contributed by atoms with Crippen molar-refractivity contribution in [1.29, 1.82) is 0 Å². The largest absolute Gasteiger partial charge is 0.356 e. The van der Waals surface area contributed by atoms with Crippen LogP contribution < -0.4 is 11.1 Å². The molecule has 3 nitrogen and oxygen atoms in total. The van der Waals surface area contributed by atoms with E-state index < -0.39 is 0 Å². The van der Waals surface area contributed by atoms with Gasteiger partial charge in [0.15, 0.2) is 0 Å². The molecule has 0 spiro atoms. The van der Waals surface area contributed by atoms with E-state index in [0.717, 1.165) is 37.8 Å². The van der Waals surface area contributed by atoms with Gasteiger partial charge < -0.3 is 11.1 Å². The third kappa shape index (κ3) is 6.06. The summed E-state index contributed by atoms with van der Waals surface area (Å²) in [6, 6.07) is 0. The van der Waals surface area contributed by atoms with E-state index in [0.29, 0.717) is 12.3 Å². The quantitative estimate of drug-likeness (QED) is 0.650. The van der Waals surface area contributed by atoms with E-state index >= 15 is 0 Å². The lowest BCUT2D eigenvalue weighted by Gasteiger charge is -2.14. The van der Waals surface area contributed by atoms with Crippen LogP contribution in [0.1, 0.15) is 52.4 Å². The zero-order valence-corrected chi connectivity index (χ0v) is 11.4. The van der Waals surface area contributed by atoms with E-state index in [-0.39, 0.29) is 5.91 Å². The summed E-state index contributed by atoms with van der Waals surface area (Å²) in [6.45, 7) is 6.06. The fourth-order valence-electron chi connectivity index (χ4n) is 2.43. The first kappa shape index (κ1) is 14.5. The second kappa shape index (κ2) is 7.70. The van der Waals surface area contributed by atoms with E-state index in [1.54, 1.807) is 0 Å². The Hall–Kier alpha value is -0.570. The molecule has 17 heavy (non-hydrogen) atoms. The molecule has 1 aliphatic rings. The molecule has 3 heteroatoms. The Morgan fingerprint density at radius 2 is 2.12 bits per heavy atom. The van der Waals surface area contributed by atoms with Gasteiger partial charge in [0.1, 0.15) is 0 Å². The van der Waals surface area contributed by atoms with E-state index in [9.17, 15) is 4.79 Å². The predicted molar refractivity (Wildman–Crippen MR) is 71.6 cm³/mol. The van der Waals surface area contributed by atoms with Crippen LogP contribution in [0.4, 0.5) is 0 Å². The van der Waals surface area contributed by atoms with Gasteiger partial charge in [0.2, 0.25) is 5.91 Å².